The molecule has 1 aromatic heterocycles. The molecule has 0 spiro atoms. The summed E-state index contributed by atoms with van der Waals surface area (Å²) >= 11 is 1.81. The van der Waals surface area contributed by atoms with Crippen LogP contribution < -0.4 is 0 Å². The third-order valence-electron chi connectivity index (χ3n) is 2.89. The van der Waals surface area contributed by atoms with Crippen molar-refractivity contribution < 1.29 is 0 Å². The van der Waals surface area contributed by atoms with Crippen molar-refractivity contribution in [2.45, 2.75) is 38.8 Å². The van der Waals surface area contributed by atoms with Crippen LogP contribution >= 0.6 is 11.3 Å². The van der Waals surface area contributed by atoms with Crippen LogP contribution in [0.15, 0.2) is 16.8 Å². The zero-order valence-corrected chi connectivity index (χ0v) is 9.18. The average molecular weight is 195 g/mol. The number of rotatable bonds is 2. The monoisotopic (exact) mass is 195 g/mol. The van der Waals surface area contributed by atoms with E-state index in [0.29, 0.717) is 12.1 Å². The van der Waals surface area contributed by atoms with Gasteiger partial charge in [0.05, 0.1) is 0 Å². The van der Waals surface area contributed by atoms with Crippen LogP contribution in [0.2, 0.25) is 0 Å². The molecule has 0 radical (unpaired) electrons. The first-order chi connectivity index (χ1) is 6.29. The number of hydrogen-bond acceptors (Lipinski definition) is 2. The lowest BCUT2D eigenvalue weighted by atomic mass is 10.1. The second-order valence-corrected chi connectivity index (χ2v) is 4.83. The molecular weight excluding hydrogens is 178 g/mol. The summed E-state index contributed by atoms with van der Waals surface area (Å²) in [5.74, 6) is 0. The molecule has 1 aromatic rings. The fourth-order valence-corrected chi connectivity index (χ4v) is 2.94. The van der Waals surface area contributed by atoms with E-state index >= 15 is 0 Å². The third kappa shape index (κ3) is 1.79. The largest absolute Gasteiger partial charge is 0.294 e. The summed E-state index contributed by atoms with van der Waals surface area (Å²) in [6, 6.07) is 3.66. The van der Waals surface area contributed by atoms with Crippen molar-refractivity contribution in [2.24, 2.45) is 0 Å². The molecular formula is C11H17NS. The van der Waals surface area contributed by atoms with Crippen molar-refractivity contribution in [1.29, 1.82) is 0 Å². The minimum Gasteiger partial charge on any atom is -0.294 e. The average Bonchev–Trinajstić information content (AvgIpc) is 2.74. The Kier molecular flexibility index (Phi) is 2.70. The van der Waals surface area contributed by atoms with Crippen LogP contribution in [0.25, 0.3) is 0 Å². The molecule has 0 bridgehead atoms. The number of thiophene rings is 1. The van der Waals surface area contributed by atoms with Gasteiger partial charge >= 0.3 is 0 Å². The van der Waals surface area contributed by atoms with Crippen LogP contribution in [0.5, 0.6) is 0 Å². The number of nitrogens with zero attached hydrogens (tertiary/aromatic N) is 1. The minimum atomic E-state index is 0.687. The Bertz CT molecular complexity index is 253. The zero-order valence-electron chi connectivity index (χ0n) is 8.36. The van der Waals surface area contributed by atoms with E-state index in [4.69, 9.17) is 0 Å². The Morgan fingerprint density at radius 2 is 2.38 bits per heavy atom. The zero-order chi connectivity index (χ0) is 9.26. The molecule has 0 aromatic carbocycles. The normalized spacial score (nSPS) is 24.4. The Labute approximate surface area is 84.4 Å². The number of likely N-dealkylation sites (tertiary alicyclic amines) is 1. The van der Waals surface area contributed by atoms with Crippen LogP contribution in [0.4, 0.5) is 0 Å². The lowest BCUT2D eigenvalue weighted by molar-refractivity contribution is 0.206. The second kappa shape index (κ2) is 3.81. The molecule has 72 valence electrons. The van der Waals surface area contributed by atoms with Gasteiger partial charge < -0.3 is 0 Å². The van der Waals surface area contributed by atoms with E-state index in [0.717, 1.165) is 0 Å². The van der Waals surface area contributed by atoms with Crippen LogP contribution in [-0.2, 0) is 0 Å². The summed E-state index contributed by atoms with van der Waals surface area (Å²) in [7, 11) is 0. The van der Waals surface area contributed by atoms with Gasteiger partial charge in [-0.15, -0.1) is 0 Å². The third-order valence-corrected chi connectivity index (χ3v) is 3.59. The van der Waals surface area contributed by atoms with E-state index in [9.17, 15) is 0 Å². The molecule has 1 aliphatic rings. The molecule has 1 atom stereocenters. The first kappa shape index (κ1) is 9.22. The van der Waals surface area contributed by atoms with E-state index in [2.05, 4.69) is 35.6 Å². The second-order valence-electron chi connectivity index (χ2n) is 4.05. The Morgan fingerprint density at radius 1 is 1.54 bits per heavy atom. The summed E-state index contributed by atoms with van der Waals surface area (Å²) in [4.78, 5) is 2.61. The van der Waals surface area contributed by atoms with Crippen molar-refractivity contribution in [3.05, 3.63) is 22.4 Å². The van der Waals surface area contributed by atoms with Crippen molar-refractivity contribution in [3.8, 4) is 0 Å². The molecule has 1 aliphatic heterocycles. The summed E-state index contributed by atoms with van der Waals surface area (Å²) in [6.45, 7) is 5.87. The van der Waals surface area contributed by atoms with E-state index in [1.54, 1.807) is 0 Å². The Balaban J connectivity index is 2.14. The van der Waals surface area contributed by atoms with Gasteiger partial charge in [0, 0.05) is 12.1 Å². The Morgan fingerprint density at radius 3 is 3.00 bits per heavy atom. The van der Waals surface area contributed by atoms with Gasteiger partial charge in [-0.1, -0.05) is 0 Å². The standard InChI is InChI=1S/C11H17NS/c1-9(2)12-6-3-4-11(12)10-5-7-13-8-10/h5,7-9,11H,3-4,6H2,1-2H3. The van der Waals surface area contributed by atoms with Gasteiger partial charge in [0.25, 0.3) is 0 Å². The highest BCUT2D eigenvalue weighted by Gasteiger charge is 2.27. The maximum absolute atomic E-state index is 2.61. The molecule has 0 N–H and O–H groups in total. The molecule has 0 amide bonds. The maximum Gasteiger partial charge on any atom is 0.0359 e. The summed E-state index contributed by atoms with van der Waals surface area (Å²) in [5, 5.41) is 4.48. The first-order valence-corrected chi connectivity index (χ1v) is 6.01. The van der Waals surface area contributed by atoms with E-state index in [1.807, 2.05) is 11.3 Å². The lowest BCUT2D eigenvalue weighted by Gasteiger charge is -2.27. The highest BCUT2D eigenvalue weighted by atomic mass is 32.1. The van der Waals surface area contributed by atoms with E-state index < -0.39 is 0 Å². The van der Waals surface area contributed by atoms with Crippen molar-refractivity contribution in [2.75, 3.05) is 6.54 Å². The smallest absolute Gasteiger partial charge is 0.0359 e. The van der Waals surface area contributed by atoms with E-state index in [-0.39, 0.29) is 0 Å². The van der Waals surface area contributed by atoms with Crippen LogP contribution in [0, 0.1) is 0 Å². The van der Waals surface area contributed by atoms with Gasteiger partial charge in [0.2, 0.25) is 0 Å². The lowest BCUT2D eigenvalue weighted by Crippen LogP contribution is -2.29. The minimum absolute atomic E-state index is 0.687. The molecule has 0 saturated carbocycles. The van der Waals surface area contributed by atoms with Crippen LogP contribution in [-0.4, -0.2) is 17.5 Å². The molecule has 1 saturated heterocycles. The molecule has 1 unspecified atom stereocenters. The summed E-state index contributed by atoms with van der Waals surface area (Å²) in [5.41, 5.74) is 1.52. The Hall–Kier alpha value is -0.340. The fraction of sp³-hybridized carbons (Fsp3) is 0.636. The van der Waals surface area contributed by atoms with Crippen molar-refractivity contribution in [1.82, 2.24) is 4.90 Å². The molecule has 1 nitrogen and oxygen atoms in total. The van der Waals surface area contributed by atoms with Gasteiger partial charge in [-0.2, -0.15) is 11.3 Å². The quantitative estimate of drug-likeness (QED) is 0.700. The van der Waals surface area contributed by atoms with Crippen LogP contribution in [0.1, 0.15) is 38.3 Å². The SMILES string of the molecule is CC(C)N1CCCC1c1ccsc1. The molecule has 0 aliphatic carbocycles. The molecule has 1 fully saturated rings. The topological polar surface area (TPSA) is 3.24 Å². The molecule has 13 heavy (non-hydrogen) atoms. The predicted octanol–water partition coefficient (Wildman–Crippen LogP) is 3.29. The van der Waals surface area contributed by atoms with Gasteiger partial charge in [-0.3, -0.25) is 4.90 Å². The molecule has 2 heteroatoms. The molecule has 2 heterocycles. The summed E-state index contributed by atoms with van der Waals surface area (Å²) in [6.07, 6.45) is 2.70. The first-order valence-electron chi connectivity index (χ1n) is 5.07. The van der Waals surface area contributed by atoms with Gasteiger partial charge in [-0.05, 0) is 55.6 Å². The van der Waals surface area contributed by atoms with Crippen LogP contribution in [0.3, 0.4) is 0 Å². The van der Waals surface area contributed by atoms with Crippen molar-refractivity contribution >= 4 is 11.3 Å². The maximum atomic E-state index is 2.61. The van der Waals surface area contributed by atoms with Gasteiger partial charge in [-0.25, -0.2) is 0 Å². The predicted molar refractivity (Wildman–Crippen MR) is 58.1 cm³/mol. The number of hydrogen-bond donors (Lipinski definition) is 0. The van der Waals surface area contributed by atoms with Gasteiger partial charge in [0.15, 0.2) is 0 Å². The highest BCUT2D eigenvalue weighted by Crippen LogP contribution is 2.34. The van der Waals surface area contributed by atoms with Crippen molar-refractivity contribution in [3.63, 3.8) is 0 Å². The van der Waals surface area contributed by atoms with E-state index in [1.165, 1.54) is 24.9 Å². The fourth-order valence-electron chi connectivity index (χ4n) is 2.23. The summed E-state index contributed by atoms with van der Waals surface area (Å²) < 4.78 is 0. The highest BCUT2D eigenvalue weighted by molar-refractivity contribution is 7.07. The van der Waals surface area contributed by atoms with Gasteiger partial charge in [0.1, 0.15) is 0 Å². The molecule has 2 rings (SSSR count).